The molecule has 196 valence electrons. The van der Waals surface area contributed by atoms with Crippen LogP contribution in [-0.4, -0.2) is 56.6 Å². The monoisotopic (exact) mass is 553 g/mol. The number of carbonyl (C=O) groups excluding carboxylic acids is 2. The first-order chi connectivity index (χ1) is 17.1. The fraction of sp³-hybridized carbons (Fsp3) is 0.462. The van der Waals surface area contributed by atoms with E-state index in [1.807, 2.05) is 37.3 Å². The molecule has 1 aliphatic rings. The molecule has 2 aromatic rings. The second-order valence-electron chi connectivity index (χ2n) is 9.10. The van der Waals surface area contributed by atoms with Crippen LogP contribution in [0.2, 0.25) is 10.0 Å². The van der Waals surface area contributed by atoms with Gasteiger partial charge in [0.25, 0.3) is 0 Å². The van der Waals surface area contributed by atoms with E-state index in [-0.39, 0.29) is 29.2 Å². The number of hydrogen-bond acceptors (Lipinski definition) is 4. The molecule has 2 amide bonds. The maximum Gasteiger partial charge on any atom is 0.244 e. The number of nitrogens with zero attached hydrogens (tertiary/aromatic N) is 2. The molecule has 0 spiro atoms. The molecule has 1 saturated carbocycles. The number of anilines is 1. The minimum absolute atomic E-state index is 0.109. The summed E-state index contributed by atoms with van der Waals surface area (Å²) in [5.74, 6) is -0.683. The summed E-state index contributed by atoms with van der Waals surface area (Å²) in [7, 11) is -3.86. The van der Waals surface area contributed by atoms with Gasteiger partial charge in [-0.25, -0.2) is 8.42 Å². The van der Waals surface area contributed by atoms with Crippen molar-refractivity contribution in [2.24, 2.45) is 0 Å². The zero-order valence-corrected chi connectivity index (χ0v) is 23.0. The summed E-state index contributed by atoms with van der Waals surface area (Å²) >= 11 is 12.3. The lowest BCUT2D eigenvalue weighted by molar-refractivity contribution is -0.139. The standard InChI is InChI=1S/C26H33Cl2N3O4S/c1-3-23(26(33)29-21-11-7-8-12-21)30(16-15-19-9-5-4-6-10-19)25(32)18-31(36(2,34)35)24-14-13-20(27)17-22(24)28/h4-6,9-10,13-14,17,21,23H,3,7-8,11-12,15-16,18H2,1-2H3,(H,29,33)/t23-/m1/s1. The molecular weight excluding hydrogens is 521 g/mol. The lowest BCUT2D eigenvalue weighted by Gasteiger charge is -2.33. The molecule has 0 bridgehead atoms. The van der Waals surface area contributed by atoms with Crippen LogP contribution in [0.15, 0.2) is 48.5 Å². The van der Waals surface area contributed by atoms with E-state index in [0.29, 0.717) is 17.9 Å². The summed E-state index contributed by atoms with van der Waals surface area (Å²) in [5.41, 5.74) is 1.17. The Hall–Kier alpha value is -2.29. The second kappa shape index (κ2) is 12.8. The number of carbonyl (C=O) groups is 2. The molecule has 0 heterocycles. The Morgan fingerprint density at radius 1 is 1.08 bits per heavy atom. The molecule has 7 nitrogen and oxygen atoms in total. The van der Waals surface area contributed by atoms with Gasteiger partial charge in [0.1, 0.15) is 12.6 Å². The van der Waals surface area contributed by atoms with Crippen molar-refractivity contribution >= 4 is 50.7 Å². The fourth-order valence-corrected chi connectivity index (χ4v) is 5.96. The van der Waals surface area contributed by atoms with E-state index in [2.05, 4.69) is 5.32 Å². The highest BCUT2D eigenvalue weighted by atomic mass is 35.5. The zero-order valence-electron chi connectivity index (χ0n) is 20.6. The quantitative estimate of drug-likeness (QED) is 0.438. The molecule has 1 fully saturated rings. The van der Waals surface area contributed by atoms with Gasteiger partial charge in [-0.2, -0.15) is 0 Å². The van der Waals surface area contributed by atoms with E-state index in [0.717, 1.165) is 41.8 Å². The van der Waals surface area contributed by atoms with Gasteiger partial charge >= 0.3 is 0 Å². The van der Waals surface area contributed by atoms with E-state index in [1.165, 1.54) is 23.1 Å². The van der Waals surface area contributed by atoms with Crippen LogP contribution in [0.3, 0.4) is 0 Å². The molecule has 1 atom stereocenters. The van der Waals surface area contributed by atoms with Crippen LogP contribution in [0, 0.1) is 0 Å². The van der Waals surface area contributed by atoms with E-state index >= 15 is 0 Å². The lowest BCUT2D eigenvalue weighted by atomic mass is 10.1. The van der Waals surface area contributed by atoms with Crippen molar-refractivity contribution in [3.8, 4) is 0 Å². The van der Waals surface area contributed by atoms with Crippen molar-refractivity contribution in [2.45, 2.75) is 57.5 Å². The average molecular weight is 555 g/mol. The van der Waals surface area contributed by atoms with Crippen molar-refractivity contribution in [1.82, 2.24) is 10.2 Å². The maximum atomic E-state index is 13.7. The topological polar surface area (TPSA) is 86.8 Å². The van der Waals surface area contributed by atoms with Crippen LogP contribution in [-0.2, 0) is 26.0 Å². The second-order valence-corrected chi connectivity index (χ2v) is 11.9. The number of benzene rings is 2. The van der Waals surface area contributed by atoms with Gasteiger partial charge in [0.15, 0.2) is 0 Å². The first kappa shape index (κ1) is 28.3. The Labute approximate surface area is 223 Å². The van der Waals surface area contributed by atoms with E-state index in [4.69, 9.17) is 23.2 Å². The molecule has 2 aromatic carbocycles. The predicted octanol–water partition coefficient (Wildman–Crippen LogP) is 4.67. The van der Waals surface area contributed by atoms with Crippen molar-refractivity contribution < 1.29 is 18.0 Å². The molecule has 0 radical (unpaired) electrons. The van der Waals surface area contributed by atoms with Gasteiger partial charge in [-0.1, -0.05) is 73.3 Å². The van der Waals surface area contributed by atoms with E-state index in [1.54, 1.807) is 0 Å². The number of nitrogens with one attached hydrogen (secondary N) is 1. The highest BCUT2D eigenvalue weighted by molar-refractivity contribution is 7.92. The molecule has 0 aromatic heterocycles. The van der Waals surface area contributed by atoms with Crippen molar-refractivity contribution in [1.29, 1.82) is 0 Å². The number of halogens is 2. The van der Waals surface area contributed by atoms with Crippen molar-refractivity contribution in [2.75, 3.05) is 23.7 Å². The summed E-state index contributed by atoms with van der Waals surface area (Å²) in [6.45, 7) is 1.64. The molecule has 36 heavy (non-hydrogen) atoms. The van der Waals surface area contributed by atoms with Gasteiger partial charge in [-0.05, 0) is 49.4 Å². The number of sulfonamides is 1. The largest absolute Gasteiger partial charge is 0.352 e. The molecule has 1 aliphatic carbocycles. The minimum atomic E-state index is -3.86. The van der Waals surface area contributed by atoms with Gasteiger partial charge in [0, 0.05) is 17.6 Å². The first-order valence-corrected chi connectivity index (χ1v) is 14.8. The highest BCUT2D eigenvalue weighted by Crippen LogP contribution is 2.30. The Balaban J connectivity index is 1.88. The predicted molar refractivity (Wildman–Crippen MR) is 145 cm³/mol. The summed E-state index contributed by atoms with van der Waals surface area (Å²) in [6.07, 6.45) is 5.95. The number of rotatable bonds is 11. The third-order valence-electron chi connectivity index (χ3n) is 6.43. The van der Waals surface area contributed by atoms with Gasteiger partial charge < -0.3 is 10.2 Å². The maximum absolute atomic E-state index is 13.7. The van der Waals surface area contributed by atoms with Crippen LogP contribution < -0.4 is 9.62 Å². The summed E-state index contributed by atoms with van der Waals surface area (Å²) in [5, 5.41) is 3.56. The van der Waals surface area contributed by atoms with Crippen LogP contribution in [0.25, 0.3) is 0 Å². The van der Waals surface area contributed by atoms with Gasteiger partial charge in [0.05, 0.1) is 17.0 Å². The molecule has 0 saturated heterocycles. The van der Waals surface area contributed by atoms with Crippen LogP contribution in [0.1, 0.15) is 44.6 Å². The number of hydrogen-bond donors (Lipinski definition) is 1. The van der Waals surface area contributed by atoms with Crippen LogP contribution >= 0.6 is 23.2 Å². The van der Waals surface area contributed by atoms with Gasteiger partial charge in [0.2, 0.25) is 21.8 Å². The summed E-state index contributed by atoms with van der Waals surface area (Å²) in [6, 6.07) is 13.5. The molecule has 0 aliphatic heterocycles. The van der Waals surface area contributed by atoms with Crippen LogP contribution in [0.4, 0.5) is 5.69 Å². The number of amides is 2. The summed E-state index contributed by atoms with van der Waals surface area (Å²) < 4.78 is 26.4. The fourth-order valence-electron chi connectivity index (χ4n) is 4.54. The van der Waals surface area contributed by atoms with Crippen LogP contribution in [0.5, 0.6) is 0 Å². The van der Waals surface area contributed by atoms with Gasteiger partial charge in [-0.3, -0.25) is 13.9 Å². The smallest absolute Gasteiger partial charge is 0.244 e. The molecule has 1 N–H and O–H groups in total. The van der Waals surface area contributed by atoms with Gasteiger partial charge in [-0.15, -0.1) is 0 Å². The Kier molecular flexibility index (Phi) is 10.0. The Morgan fingerprint density at radius 3 is 2.33 bits per heavy atom. The third kappa shape index (κ3) is 7.60. The molecule has 10 heteroatoms. The molecule has 0 unspecified atom stereocenters. The SMILES string of the molecule is CC[C@H](C(=O)NC1CCCC1)N(CCc1ccccc1)C(=O)CN(c1ccc(Cl)cc1Cl)S(C)(=O)=O. The molecule has 3 rings (SSSR count). The third-order valence-corrected chi connectivity index (χ3v) is 8.09. The Morgan fingerprint density at radius 2 is 1.75 bits per heavy atom. The van der Waals surface area contributed by atoms with E-state index < -0.39 is 28.5 Å². The normalized spacial score (nSPS) is 14.9. The minimum Gasteiger partial charge on any atom is -0.352 e. The summed E-state index contributed by atoms with van der Waals surface area (Å²) in [4.78, 5) is 28.4. The van der Waals surface area contributed by atoms with E-state index in [9.17, 15) is 18.0 Å². The van der Waals surface area contributed by atoms with Crippen molar-refractivity contribution in [3.05, 3.63) is 64.1 Å². The lowest BCUT2D eigenvalue weighted by Crippen LogP contribution is -2.54. The first-order valence-electron chi connectivity index (χ1n) is 12.2. The van der Waals surface area contributed by atoms with Crippen molar-refractivity contribution in [3.63, 3.8) is 0 Å². The molecular formula is C26H33Cl2N3O4S. The zero-order chi connectivity index (χ0) is 26.3. The Bertz CT molecular complexity index is 1160. The highest BCUT2D eigenvalue weighted by Gasteiger charge is 2.33. The average Bonchev–Trinajstić information content (AvgIpc) is 3.33.